The number of rotatable bonds is 4. The van der Waals surface area contributed by atoms with Gasteiger partial charge >= 0.3 is 0 Å². The van der Waals surface area contributed by atoms with E-state index in [1.807, 2.05) is 47.4 Å². The summed E-state index contributed by atoms with van der Waals surface area (Å²) in [6, 6.07) is 23.2. The summed E-state index contributed by atoms with van der Waals surface area (Å²) in [7, 11) is 0. The molecule has 0 aliphatic carbocycles. The van der Waals surface area contributed by atoms with E-state index in [1.165, 1.54) is 5.56 Å². The molecule has 3 rings (SSSR count). The summed E-state index contributed by atoms with van der Waals surface area (Å²) >= 11 is 8.25. The van der Waals surface area contributed by atoms with E-state index in [-0.39, 0.29) is 5.91 Å². The number of carbonyl (C=O) groups is 1. The molecular formula is C21H17ClINO. The summed E-state index contributed by atoms with van der Waals surface area (Å²) in [4.78, 5) is 15.0. The zero-order chi connectivity index (χ0) is 17.8. The maximum absolute atomic E-state index is 13.2. The minimum absolute atomic E-state index is 0.0395. The SMILES string of the molecule is Cc1ccc(N(Cc2ccccc2)C(=O)c2ccc(Cl)cc2)c(I)c1. The maximum atomic E-state index is 13.2. The Morgan fingerprint density at radius 2 is 1.68 bits per heavy atom. The van der Waals surface area contributed by atoms with E-state index in [1.54, 1.807) is 24.3 Å². The lowest BCUT2D eigenvalue weighted by molar-refractivity contribution is 0.0985. The van der Waals surface area contributed by atoms with Crippen LogP contribution in [0.2, 0.25) is 5.02 Å². The molecule has 0 bridgehead atoms. The van der Waals surface area contributed by atoms with Crippen molar-refractivity contribution in [3.63, 3.8) is 0 Å². The number of nitrogens with zero attached hydrogens (tertiary/aromatic N) is 1. The van der Waals surface area contributed by atoms with Crippen LogP contribution >= 0.6 is 34.2 Å². The Morgan fingerprint density at radius 3 is 2.32 bits per heavy atom. The van der Waals surface area contributed by atoms with Gasteiger partial charge in [-0.05, 0) is 77.0 Å². The molecule has 0 spiro atoms. The number of benzene rings is 3. The molecule has 0 aliphatic rings. The van der Waals surface area contributed by atoms with E-state index in [0.29, 0.717) is 17.1 Å². The number of halogens is 2. The van der Waals surface area contributed by atoms with Crippen molar-refractivity contribution in [1.29, 1.82) is 0 Å². The van der Waals surface area contributed by atoms with Gasteiger partial charge in [0.15, 0.2) is 0 Å². The van der Waals surface area contributed by atoms with Crippen LogP contribution in [0.4, 0.5) is 5.69 Å². The first-order valence-electron chi connectivity index (χ1n) is 7.92. The highest BCUT2D eigenvalue weighted by molar-refractivity contribution is 14.1. The van der Waals surface area contributed by atoms with Gasteiger partial charge in [-0.15, -0.1) is 0 Å². The summed E-state index contributed by atoms with van der Waals surface area (Å²) in [5.74, 6) is -0.0395. The van der Waals surface area contributed by atoms with Crippen LogP contribution in [0.1, 0.15) is 21.5 Å². The monoisotopic (exact) mass is 461 g/mol. The van der Waals surface area contributed by atoms with Gasteiger partial charge in [-0.1, -0.05) is 48.0 Å². The van der Waals surface area contributed by atoms with E-state index in [0.717, 1.165) is 14.8 Å². The molecule has 126 valence electrons. The van der Waals surface area contributed by atoms with Crippen molar-refractivity contribution in [3.05, 3.63) is 98.1 Å². The molecule has 0 N–H and O–H groups in total. The number of amides is 1. The highest BCUT2D eigenvalue weighted by Gasteiger charge is 2.20. The van der Waals surface area contributed by atoms with Gasteiger partial charge in [0.05, 0.1) is 12.2 Å². The molecule has 0 atom stereocenters. The first-order chi connectivity index (χ1) is 12.0. The Kier molecular flexibility index (Phi) is 5.76. The van der Waals surface area contributed by atoms with E-state index < -0.39 is 0 Å². The second-order valence-electron chi connectivity index (χ2n) is 5.84. The molecule has 0 aromatic heterocycles. The maximum Gasteiger partial charge on any atom is 0.258 e. The second kappa shape index (κ2) is 8.02. The third-order valence-electron chi connectivity index (χ3n) is 3.91. The first kappa shape index (κ1) is 18.0. The molecule has 3 aromatic carbocycles. The highest BCUT2D eigenvalue weighted by atomic mass is 127. The van der Waals surface area contributed by atoms with Crippen molar-refractivity contribution in [2.45, 2.75) is 13.5 Å². The molecule has 0 fully saturated rings. The fourth-order valence-corrected chi connectivity index (χ4v) is 3.70. The molecule has 1 amide bonds. The number of carbonyl (C=O) groups excluding carboxylic acids is 1. The van der Waals surface area contributed by atoms with Crippen molar-refractivity contribution in [2.75, 3.05) is 4.90 Å². The van der Waals surface area contributed by atoms with Crippen LogP contribution in [0.15, 0.2) is 72.8 Å². The molecular weight excluding hydrogens is 445 g/mol. The molecule has 0 radical (unpaired) electrons. The van der Waals surface area contributed by atoms with Gasteiger partial charge in [0.1, 0.15) is 0 Å². The third kappa shape index (κ3) is 4.41. The van der Waals surface area contributed by atoms with Crippen LogP contribution in [-0.4, -0.2) is 5.91 Å². The molecule has 0 unspecified atom stereocenters. The van der Waals surface area contributed by atoms with Crippen LogP contribution in [0, 0.1) is 10.5 Å². The van der Waals surface area contributed by atoms with E-state index in [2.05, 4.69) is 35.6 Å². The fraction of sp³-hybridized carbons (Fsp3) is 0.0952. The largest absolute Gasteiger partial charge is 0.303 e. The lowest BCUT2D eigenvalue weighted by atomic mass is 10.1. The van der Waals surface area contributed by atoms with Gasteiger partial charge in [0.2, 0.25) is 0 Å². The molecule has 0 heterocycles. The molecule has 0 aliphatic heterocycles. The summed E-state index contributed by atoms with van der Waals surface area (Å²) in [5, 5.41) is 0.621. The van der Waals surface area contributed by atoms with Gasteiger partial charge in [0, 0.05) is 14.2 Å². The number of hydrogen-bond acceptors (Lipinski definition) is 1. The molecule has 25 heavy (non-hydrogen) atoms. The van der Waals surface area contributed by atoms with Crippen molar-refractivity contribution < 1.29 is 4.79 Å². The Morgan fingerprint density at radius 1 is 1.00 bits per heavy atom. The first-order valence-corrected chi connectivity index (χ1v) is 9.38. The molecule has 0 saturated heterocycles. The van der Waals surface area contributed by atoms with Crippen LogP contribution < -0.4 is 4.90 Å². The van der Waals surface area contributed by atoms with Gasteiger partial charge in [-0.2, -0.15) is 0 Å². The predicted octanol–water partition coefficient (Wildman–Crippen LogP) is 6.10. The van der Waals surface area contributed by atoms with Gasteiger partial charge in [0.25, 0.3) is 5.91 Å². The zero-order valence-electron chi connectivity index (χ0n) is 13.7. The Balaban J connectivity index is 2.01. The Hall–Kier alpha value is -1.85. The van der Waals surface area contributed by atoms with Crippen molar-refractivity contribution in [1.82, 2.24) is 0 Å². The van der Waals surface area contributed by atoms with Crippen molar-refractivity contribution >= 4 is 45.8 Å². The second-order valence-corrected chi connectivity index (χ2v) is 7.44. The Bertz CT molecular complexity index is 878. The molecule has 0 saturated carbocycles. The van der Waals surface area contributed by atoms with Crippen molar-refractivity contribution in [2.24, 2.45) is 0 Å². The minimum Gasteiger partial charge on any atom is -0.303 e. The quantitative estimate of drug-likeness (QED) is 0.430. The average Bonchev–Trinajstić information content (AvgIpc) is 2.61. The van der Waals surface area contributed by atoms with Crippen molar-refractivity contribution in [3.8, 4) is 0 Å². The van der Waals surface area contributed by atoms with Crippen LogP contribution in [0.25, 0.3) is 0 Å². The van der Waals surface area contributed by atoms with Gasteiger partial charge in [-0.25, -0.2) is 0 Å². The summed E-state index contributed by atoms with van der Waals surface area (Å²) < 4.78 is 1.05. The fourth-order valence-electron chi connectivity index (χ4n) is 2.61. The molecule has 3 aromatic rings. The highest BCUT2D eigenvalue weighted by Crippen LogP contribution is 2.27. The lowest BCUT2D eigenvalue weighted by Crippen LogP contribution is -2.31. The molecule has 4 heteroatoms. The number of anilines is 1. The van der Waals surface area contributed by atoms with E-state index >= 15 is 0 Å². The van der Waals surface area contributed by atoms with Crippen LogP contribution in [-0.2, 0) is 6.54 Å². The van der Waals surface area contributed by atoms with Gasteiger partial charge < -0.3 is 4.90 Å². The zero-order valence-corrected chi connectivity index (χ0v) is 16.7. The number of aryl methyl sites for hydroxylation is 1. The predicted molar refractivity (Wildman–Crippen MR) is 112 cm³/mol. The normalized spacial score (nSPS) is 10.5. The topological polar surface area (TPSA) is 20.3 Å². The summed E-state index contributed by atoms with van der Waals surface area (Å²) in [6.07, 6.45) is 0. The van der Waals surface area contributed by atoms with Crippen LogP contribution in [0.3, 0.4) is 0 Å². The smallest absolute Gasteiger partial charge is 0.258 e. The summed E-state index contributed by atoms with van der Waals surface area (Å²) in [5.41, 5.74) is 3.79. The van der Waals surface area contributed by atoms with E-state index in [9.17, 15) is 4.79 Å². The summed E-state index contributed by atoms with van der Waals surface area (Å²) in [6.45, 7) is 2.57. The number of hydrogen-bond donors (Lipinski definition) is 0. The third-order valence-corrected chi connectivity index (χ3v) is 5.03. The molecule has 2 nitrogen and oxygen atoms in total. The average molecular weight is 462 g/mol. The van der Waals surface area contributed by atoms with Gasteiger partial charge in [-0.3, -0.25) is 4.79 Å². The lowest BCUT2D eigenvalue weighted by Gasteiger charge is -2.25. The standard InChI is InChI=1S/C21H17ClINO/c1-15-7-12-20(19(23)13-15)24(14-16-5-3-2-4-6-16)21(25)17-8-10-18(22)11-9-17/h2-13H,14H2,1H3. The Labute approximate surface area is 166 Å². The minimum atomic E-state index is -0.0395. The van der Waals surface area contributed by atoms with Crippen LogP contribution in [0.5, 0.6) is 0 Å². The van der Waals surface area contributed by atoms with E-state index in [4.69, 9.17) is 11.6 Å².